The van der Waals surface area contributed by atoms with Crippen LogP contribution in [0.25, 0.3) is 104 Å². The van der Waals surface area contributed by atoms with Crippen molar-refractivity contribution >= 4 is 81.8 Å². The Morgan fingerprint density at radius 3 is 1.73 bits per heavy atom. The number of nitrogens with zero attached hydrogens (tertiary/aromatic N) is 2. The van der Waals surface area contributed by atoms with Crippen molar-refractivity contribution in [3.8, 4) is 22.3 Å². The number of hydrogen-bond donors (Lipinski definition) is 0. The molecule has 0 aliphatic rings. The van der Waals surface area contributed by atoms with Crippen molar-refractivity contribution in [2.24, 2.45) is 0 Å². The van der Waals surface area contributed by atoms with Crippen LogP contribution in [0, 0.1) is 0 Å². The molecule has 3 heterocycles. The average molecular weight is 611 g/mol. The maximum Gasteiger partial charge on any atom is 0.160 e. The van der Waals surface area contributed by atoms with Crippen molar-refractivity contribution in [3.05, 3.63) is 158 Å². The molecule has 0 spiro atoms. The van der Waals surface area contributed by atoms with Gasteiger partial charge in [-0.1, -0.05) is 127 Å². The standard InChI is InChI=1S/C45H26N2O/c1-2-12-28-25-29(22-21-27(28)11-1)41-31-13-3-5-15-33(31)42(34-16-6-4-14-32(34)41)30-23-24-40-37(26-30)43-44(48-40)35-17-7-8-18-36(35)45-46-38-19-9-10-20-39(38)47(43)45/h1-26H. The summed E-state index contributed by atoms with van der Waals surface area (Å²) in [5.74, 6) is 0. The number of furan rings is 1. The molecule has 3 nitrogen and oxygen atoms in total. The van der Waals surface area contributed by atoms with Crippen LogP contribution in [-0.4, -0.2) is 9.38 Å². The zero-order valence-electron chi connectivity index (χ0n) is 25.8. The van der Waals surface area contributed by atoms with Gasteiger partial charge < -0.3 is 4.42 Å². The van der Waals surface area contributed by atoms with Gasteiger partial charge in [0.1, 0.15) is 16.7 Å². The molecule has 0 aliphatic heterocycles. The van der Waals surface area contributed by atoms with Crippen LogP contribution in [0.15, 0.2) is 162 Å². The Morgan fingerprint density at radius 2 is 1.00 bits per heavy atom. The van der Waals surface area contributed by atoms with E-state index in [0.29, 0.717) is 0 Å². The Kier molecular flexibility index (Phi) is 5.11. The molecule has 0 atom stereocenters. The smallest absolute Gasteiger partial charge is 0.160 e. The number of benzene rings is 8. The van der Waals surface area contributed by atoms with Gasteiger partial charge in [0.2, 0.25) is 0 Å². The highest BCUT2D eigenvalue weighted by molar-refractivity contribution is 6.23. The minimum atomic E-state index is 0.866. The van der Waals surface area contributed by atoms with E-state index < -0.39 is 0 Å². The highest BCUT2D eigenvalue weighted by Gasteiger charge is 2.21. The van der Waals surface area contributed by atoms with Gasteiger partial charge in [-0.15, -0.1) is 0 Å². The topological polar surface area (TPSA) is 30.4 Å². The van der Waals surface area contributed by atoms with Gasteiger partial charge in [-0.2, -0.15) is 0 Å². The molecule has 48 heavy (non-hydrogen) atoms. The van der Waals surface area contributed by atoms with E-state index in [2.05, 4.69) is 162 Å². The number of fused-ring (bicyclic) bond motifs is 13. The van der Waals surface area contributed by atoms with Crippen molar-refractivity contribution in [2.75, 3.05) is 0 Å². The van der Waals surface area contributed by atoms with E-state index in [0.717, 1.165) is 55.1 Å². The lowest BCUT2D eigenvalue weighted by Crippen LogP contribution is -1.91. The van der Waals surface area contributed by atoms with Crippen LogP contribution in [-0.2, 0) is 0 Å². The Hall–Kier alpha value is -6.45. The summed E-state index contributed by atoms with van der Waals surface area (Å²) in [6.45, 7) is 0. The van der Waals surface area contributed by atoms with Crippen LogP contribution >= 0.6 is 0 Å². The SMILES string of the molecule is c1ccc2cc(-c3c4ccccc4c(-c4ccc5oc6c7ccccc7c7nc8ccccc8n7c6c5c4)c4ccccc34)ccc2c1. The van der Waals surface area contributed by atoms with Crippen LogP contribution in [0.1, 0.15) is 0 Å². The number of rotatable bonds is 2. The van der Waals surface area contributed by atoms with E-state index in [9.17, 15) is 0 Å². The summed E-state index contributed by atoms with van der Waals surface area (Å²) in [6.07, 6.45) is 0. The number of pyridine rings is 1. The predicted molar refractivity (Wildman–Crippen MR) is 201 cm³/mol. The molecular formula is C45H26N2O. The van der Waals surface area contributed by atoms with Gasteiger partial charge in [0.15, 0.2) is 5.58 Å². The third kappa shape index (κ3) is 3.45. The van der Waals surface area contributed by atoms with Crippen molar-refractivity contribution in [2.45, 2.75) is 0 Å². The third-order valence-corrected chi connectivity index (χ3v) is 10.1. The first-order valence-corrected chi connectivity index (χ1v) is 16.4. The summed E-state index contributed by atoms with van der Waals surface area (Å²) in [5.41, 5.74) is 10.7. The first-order chi connectivity index (χ1) is 23.8. The monoisotopic (exact) mass is 610 g/mol. The summed E-state index contributed by atoms with van der Waals surface area (Å²) in [5, 5.41) is 10.7. The molecule has 0 unspecified atom stereocenters. The first kappa shape index (κ1) is 25.7. The summed E-state index contributed by atoms with van der Waals surface area (Å²) in [4.78, 5) is 5.12. The van der Waals surface area contributed by atoms with Gasteiger partial charge in [0.25, 0.3) is 0 Å². The van der Waals surface area contributed by atoms with Gasteiger partial charge >= 0.3 is 0 Å². The summed E-state index contributed by atoms with van der Waals surface area (Å²) >= 11 is 0. The molecule has 0 fully saturated rings. The van der Waals surface area contributed by atoms with Gasteiger partial charge in [0, 0.05) is 16.2 Å². The molecule has 0 radical (unpaired) electrons. The van der Waals surface area contributed by atoms with Crippen molar-refractivity contribution < 1.29 is 4.42 Å². The zero-order valence-corrected chi connectivity index (χ0v) is 25.8. The van der Waals surface area contributed by atoms with E-state index in [4.69, 9.17) is 9.40 Å². The van der Waals surface area contributed by atoms with Crippen LogP contribution in [0.2, 0.25) is 0 Å². The molecule has 0 amide bonds. The maximum atomic E-state index is 6.72. The lowest BCUT2D eigenvalue weighted by molar-refractivity contribution is 0.672. The molecule has 0 bridgehead atoms. The average Bonchev–Trinajstić information content (AvgIpc) is 3.72. The van der Waals surface area contributed by atoms with Crippen LogP contribution < -0.4 is 0 Å². The lowest BCUT2D eigenvalue weighted by atomic mass is 9.85. The number of para-hydroxylation sites is 2. The number of aromatic nitrogens is 2. The minimum absolute atomic E-state index is 0.866. The first-order valence-electron chi connectivity index (χ1n) is 16.4. The zero-order chi connectivity index (χ0) is 31.3. The second-order valence-corrected chi connectivity index (χ2v) is 12.7. The lowest BCUT2D eigenvalue weighted by Gasteiger charge is -2.18. The highest BCUT2D eigenvalue weighted by Crippen LogP contribution is 2.46. The van der Waals surface area contributed by atoms with Gasteiger partial charge in [-0.05, 0) is 84.9 Å². The van der Waals surface area contributed by atoms with Gasteiger partial charge in [-0.3, -0.25) is 4.40 Å². The summed E-state index contributed by atoms with van der Waals surface area (Å²) in [7, 11) is 0. The van der Waals surface area contributed by atoms with Crippen LogP contribution in [0.4, 0.5) is 0 Å². The van der Waals surface area contributed by atoms with E-state index >= 15 is 0 Å². The molecular weight excluding hydrogens is 585 g/mol. The molecule has 0 saturated heterocycles. The van der Waals surface area contributed by atoms with Crippen molar-refractivity contribution in [1.82, 2.24) is 9.38 Å². The quantitative estimate of drug-likeness (QED) is 0.182. The van der Waals surface area contributed by atoms with Crippen LogP contribution in [0.5, 0.6) is 0 Å². The Morgan fingerprint density at radius 1 is 0.438 bits per heavy atom. The van der Waals surface area contributed by atoms with E-state index in [1.54, 1.807) is 0 Å². The number of imidazole rings is 1. The molecule has 3 heteroatoms. The normalized spacial score (nSPS) is 12.2. The molecule has 222 valence electrons. The fourth-order valence-electron chi connectivity index (χ4n) is 8.05. The van der Waals surface area contributed by atoms with E-state index in [1.807, 2.05) is 0 Å². The molecule has 11 aromatic rings. The molecule has 0 aliphatic carbocycles. The second-order valence-electron chi connectivity index (χ2n) is 12.7. The predicted octanol–water partition coefficient (Wildman–Crippen LogP) is 12.3. The second kappa shape index (κ2) is 9.54. The molecule has 11 rings (SSSR count). The largest absolute Gasteiger partial charge is 0.454 e. The highest BCUT2D eigenvalue weighted by atomic mass is 16.3. The fourth-order valence-corrected chi connectivity index (χ4v) is 8.05. The van der Waals surface area contributed by atoms with Gasteiger partial charge in [-0.25, -0.2) is 4.98 Å². The van der Waals surface area contributed by atoms with E-state index in [1.165, 1.54) is 49.0 Å². The van der Waals surface area contributed by atoms with Gasteiger partial charge in [0.05, 0.1) is 11.0 Å². The Bertz CT molecular complexity index is 3070. The van der Waals surface area contributed by atoms with E-state index in [-0.39, 0.29) is 0 Å². The summed E-state index contributed by atoms with van der Waals surface area (Å²) < 4.78 is 9.01. The minimum Gasteiger partial charge on any atom is -0.454 e. The fraction of sp³-hybridized carbons (Fsp3) is 0. The maximum absolute atomic E-state index is 6.72. The van der Waals surface area contributed by atoms with Crippen molar-refractivity contribution in [3.63, 3.8) is 0 Å². The van der Waals surface area contributed by atoms with Crippen molar-refractivity contribution in [1.29, 1.82) is 0 Å². The van der Waals surface area contributed by atoms with Crippen LogP contribution in [0.3, 0.4) is 0 Å². The molecule has 3 aromatic heterocycles. The Balaban J connectivity index is 1.26. The molecule has 0 N–H and O–H groups in total. The number of hydrogen-bond acceptors (Lipinski definition) is 2. The third-order valence-electron chi connectivity index (χ3n) is 10.1. The molecule has 8 aromatic carbocycles. The molecule has 0 saturated carbocycles. The Labute approximate surface area is 274 Å². The summed E-state index contributed by atoms with van der Waals surface area (Å²) in [6, 6.07) is 56.7.